The van der Waals surface area contributed by atoms with Crippen LogP contribution < -0.4 is 5.32 Å². The molecule has 5 heteroatoms. The molecule has 0 atom stereocenters. The number of hydrogen-bond donors (Lipinski definition) is 1. The highest BCUT2D eigenvalue weighted by molar-refractivity contribution is 5.89. The van der Waals surface area contributed by atoms with Crippen molar-refractivity contribution in [2.45, 2.75) is 46.5 Å². The summed E-state index contributed by atoms with van der Waals surface area (Å²) in [5, 5.41) is 6.71. The molecule has 5 nitrogen and oxygen atoms in total. The summed E-state index contributed by atoms with van der Waals surface area (Å²) in [7, 11) is 1.75. The fourth-order valence-corrected chi connectivity index (χ4v) is 2.35. The molecule has 0 aliphatic rings. The van der Waals surface area contributed by atoms with Crippen molar-refractivity contribution in [3.63, 3.8) is 0 Å². The van der Waals surface area contributed by atoms with E-state index in [1.165, 1.54) is 5.56 Å². The molecule has 0 saturated carbocycles. The first-order chi connectivity index (χ1) is 11.7. The van der Waals surface area contributed by atoms with E-state index in [2.05, 4.69) is 22.6 Å². The number of urea groups is 1. The second kappa shape index (κ2) is 7.55. The number of aromatic nitrogens is 1. The van der Waals surface area contributed by atoms with Gasteiger partial charge in [-0.05, 0) is 31.4 Å². The average molecular weight is 341 g/mol. The molecule has 0 aliphatic carbocycles. The maximum atomic E-state index is 12.5. The monoisotopic (exact) mass is 341 g/mol. The minimum absolute atomic E-state index is 0.149. The summed E-state index contributed by atoms with van der Waals surface area (Å²) in [5.41, 5.74) is 3.13. The third-order valence-corrected chi connectivity index (χ3v) is 4.22. The summed E-state index contributed by atoms with van der Waals surface area (Å²) in [6, 6.07) is 11.7. The number of nitrogens with one attached hydrogen (secondary N) is 1. The van der Waals surface area contributed by atoms with Crippen LogP contribution >= 0.6 is 0 Å². The first-order valence-electron chi connectivity index (χ1n) is 8.40. The van der Waals surface area contributed by atoms with E-state index >= 15 is 0 Å². The second-order valence-corrected chi connectivity index (χ2v) is 7.34. The Hall–Kier alpha value is -2.56. The van der Waals surface area contributed by atoms with Gasteiger partial charge in [-0.1, -0.05) is 56.3 Å². The van der Waals surface area contributed by atoms with E-state index in [9.17, 15) is 4.79 Å². The van der Waals surface area contributed by atoms with Crippen molar-refractivity contribution in [1.29, 1.82) is 0 Å². The van der Waals surface area contributed by atoms with Crippen LogP contribution in [-0.2, 0) is 11.8 Å². The molecular weight excluding hydrogens is 314 g/mol. The molecule has 0 radical (unpaired) electrons. The lowest BCUT2D eigenvalue weighted by Crippen LogP contribution is -2.30. The molecule has 0 unspecified atom stereocenters. The van der Waals surface area contributed by atoms with Crippen LogP contribution in [-0.4, -0.2) is 23.1 Å². The number of carbonyl (C=O) groups is 1. The first kappa shape index (κ1) is 18.8. The van der Waals surface area contributed by atoms with Crippen LogP contribution in [0.5, 0.6) is 0 Å². The largest absolute Gasteiger partial charge is 0.359 e. The Labute approximate surface area is 149 Å². The van der Waals surface area contributed by atoms with Crippen LogP contribution in [0.4, 0.5) is 10.6 Å². The van der Waals surface area contributed by atoms with E-state index in [4.69, 9.17) is 4.52 Å². The van der Waals surface area contributed by atoms with E-state index in [-0.39, 0.29) is 11.4 Å². The highest BCUT2D eigenvalue weighted by Gasteiger charge is 2.21. The van der Waals surface area contributed by atoms with Gasteiger partial charge in [0.2, 0.25) is 0 Å². The molecule has 0 spiro atoms. The Morgan fingerprint density at radius 2 is 1.84 bits per heavy atom. The molecule has 1 heterocycles. The third kappa shape index (κ3) is 4.95. The zero-order chi connectivity index (χ0) is 18.6. The van der Waals surface area contributed by atoms with Crippen LogP contribution in [0.15, 0.2) is 52.2 Å². The Balaban J connectivity index is 2.05. The Morgan fingerprint density at radius 1 is 1.20 bits per heavy atom. The van der Waals surface area contributed by atoms with Gasteiger partial charge in [-0.25, -0.2) is 4.79 Å². The summed E-state index contributed by atoms with van der Waals surface area (Å²) in [5.74, 6) is 1.16. The number of anilines is 1. The first-order valence-corrected chi connectivity index (χ1v) is 8.40. The van der Waals surface area contributed by atoms with Crippen molar-refractivity contribution in [2.75, 3.05) is 12.4 Å². The fraction of sp³-hybridized carbons (Fsp3) is 0.400. The van der Waals surface area contributed by atoms with Gasteiger partial charge in [-0.15, -0.1) is 0 Å². The lowest BCUT2D eigenvalue weighted by atomic mass is 9.93. The number of benzene rings is 1. The van der Waals surface area contributed by atoms with Crippen LogP contribution in [0.1, 0.15) is 45.9 Å². The highest BCUT2D eigenvalue weighted by Crippen LogP contribution is 2.24. The van der Waals surface area contributed by atoms with E-state index in [0.29, 0.717) is 5.82 Å². The summed E-state index contributed by atoms with van der Waals surface area (Å²) in [6.07, 6.45) is 0.808. The highest BCUT2D eigenvalue weighted by atomic mass is 16.5. The zero-order valence-electron chi connectivity index (χ0n) is 15.9. The molecule has 2 aromatic rings. The van der Waals surface area contributed by atoms with Crippen LogP contribution in [0.3, 0.4) is 0 Å². The van der Waals surface area contributed by atoms with E-state index in [0.717, 1.165) is 23.5 Å². The van der Waals surface area contributed by atoms with Crippen LogP contribution in [0.25, 0.3) is 0 Å². The van der Waals surface area contributed by atoms with Crippen molar-refractivity contribution in [3.05, 3.63) is 59.0 Å². The van der Waals surface area contributed by atoms with E-state index < -0.39 is 0 Å². The third-order valence-electron chi connectivity index (χ3n) is 4.22. The van der Waals surface area contributed by atoms with Gasteiger partial charge in [0.05, 0.1) is 0 Å². The molecule has 0 bridgehead atoms. The van der Waals surface area contributed by atoms with Crippen LogP contribution in [0.2, 0.25) is 0 Å². The maximum absolute atomic E-state index is 12.5. The maximum Gasteiger partial charge on any atom is 0.327 e. The summed E-state index contributed by atoms with van der Waals surface area (Å²) in [6.45, 7) is 10.1. The average Bonchev–Trinajstić information content (AvgIpc) is 3.03. The standard InChI is InChI=1S/C20H27N3O2/c1-14(12-16-10-8-7-9-11-16)15(2)23(6)19(24)21-18-13-17(25-22-18)20(3,4)5/h7-11,13H,12H2,1-6H3,(H,21,22,24). The SMILES string of the molecule is CC(Cc1ccccc1)=C(C)N(C)C(=O)Nc1cc(C(C)(C)C)on1. The summed E-state index contributed by atoms with van der Waals surface area (Å²) < 4.78 is 5.30. The predicted molar refractivity (Wildman–Crippen MR) is 101 cm³/mol. The lowest BCUT2D eigenvalue weighted by molar-refractivity contribution is 0.231. The molecule has 0 aliphatic heterocycles. The molecule has 0 fully saturated rings. The number of amides is 2. The van der Waals surface area contributed by atoms with Crippen molar-refractivity contribution < 1.29 is 9.32 Å². The van der Waals surface area contributed by atoms with Gasteiger partial charge in [0.15, 0.2) is 5.82 Å². The molecular formula is C20H27N3O2. The molecule has 1 N–H and O–H groups in total. The summed E-state index contributed by atoms with van der Waals surface area (Å²) >= 11 is 0. The minimum Gasteiger partial charge on any atom is -0.359 e. The van der Waals surface area contributed by atoms with Gasteiger partial charge in [-0.2, -0.15) is 0 Å². The molecule has 1 aromatic heterocycles. The Kier molecular flexibility index (Phi) is 5.67. The lowest BCUT2D eigenvalue weighted by Gasteiger charge is -2.20. The topological polar surface area (TPSA) is 58.4 Å². The molecule has 25 heavy (non-hydrogen) atoms. The van der Waals surface area contributed by atoms with Crippen molar-refractivity contribution >= 4 is 11.8 Å². The molecule has 1 aromatic carbocycles. The second-order valence-electron chi connectivity index (χ2n) is 7.34. The quantitative estimate of drug-likeness (QED) is 0.854. The van der Waals surface area contributed by atoms with Crippen molar-refractivity contribution in [3.8, 4) is 0 Å². The van der Waals surface area contributed by atoms with Gasteiger partial charge in [0.25, 0.3) is 0 Å². The minimum atomic E-state index is -0.237. The normalized spacial score (nSPS) is 12.6. The number of carbonyl (C=O) groups excluding carboxylic acids is 1. The van der Waals surface area contributed by atoms with Gasteiger partial charge in [-0.3, -0.25) is 5.32 Å². The smallest absolute Gasteiger partial charge is 0.327 e. The van der Waals surface area contributed by atoms with Crippen molar-refractivity contribution in [1.82, 2.24) is 10.1 Å². The number of nitrogens with zero attached hydrogens (tertiary/aromatic N) is 2. The number of rotatable bonds is 4. The Morgan fingerprint density at radius 3 is 2.40 bits per heavy atom. The molecule has 134 valence electrons. The fourth-order valence-electron chi connectivity index (χ4n) is 2.35. The molecule has 0 saturated heterocycles. The number of hydrogen-bond acceptors (Lipinski definition) is 3. The Bertz CT molecular complexity index is 755. The van der Waals surface area contributed by atoms with Crippen molar-refractivity contribution in [2.24, 2.45) is 0 Å². The molecule has 2 amide bonds. The predicted octanol–water partition coefficient (Wildman–Crippen LogP) is 4.97. The van der Waals surface area contributed by atoms with E-state index in [1.807, 2.05) is 52.8 Å². The van der Waals surface area contributed by atoms with Crippen LogP contribution in [0, 0.1) is 0 Å². The number of allylic oxidation sites excluding steroid dienone is 2. The van der Waals surface area contributed by atoms with Gasteiger partial charge in [0.1, 0.15) is 5.76 Å². The van der Waals surface area contributed by atoms with Gasteiger partial charge < -0.3 is 9.42 Å². The van der Waals surface area contributed by atoms with Gasteiger partial charge in [0, 0.05) is 24.2 Å². The van der Waals surface area contributed by atoms with E-state index in [1.54, 1.807) is 18.0 Å². The molecule has 2 rings (SSSR count). The summed E-state index contributed by atoms with van der Waals surface area (Å²) in [4.78, 5) is 14.1. The van der Waals surface area contributed by atoms with Gasteiger partial charge >= 0.3 is 6.03 Å². The zero-order valence-corrected chi connectivity index (χ0v) is 15.9.